The van der Waals surface area contributed by atoms with Crippen LogP contribution >= 0.6 is 15.9 Å². The maximum atomic E-state index is 13.0. The van der Waals surface area contributed by atoms with Gasteiger partial charge in [0.15, 0.2) is 11.6 Å². The first-order valence-corrected chi connectivity index (χ1v) is 10.7. The minimum Gasteiger partial charge on any atom is -0.485 e. The molecule has 0 aliphatic heterocycles. The maximum Gasteiger partial charge on any atom is 0.255 e. The normalized spacial score (nSPS) is 10.4. The van der Waals surface area contributed by atoms with Crippen molar-refractivity contribution in [3.63, 3.8) is 0 Å². The third-order valence-electron chi connectivity index (χ3n) is 4.60. The van der Waals surface area contributed by atoms with Crippen molar-refractivity contribution in [3.8, 4) is 5.75 Å². The monoisotopic (exact) mass is 497 g/mol. The molecule has 0 atom stereocenters. The summed E-state index contributed by atoms with van der Waals surface area (Å²) in [5.74, 6) is -0.931. The Bertz CT molecular complexity index is 1100. The molecule has 0 aliphatic carbocycles. The van der Waals surface area contributed by atoms with Gasteiger partial charge in [0.2, 0.25) is 0 Å². The Morgan fingerprint density at radius 2 is 1.41 bits per heavy atom. The van der Waals surface area contributed by atoms with E-state index in [1.165, 1.54) is 24.3 Å². The van der Waals surface area contributed by atoms with Crippen LogP contribution in [0.15, 0.2) is 77.3 Å². The molecule has 0 saturated carbocycles. The van der Waals surface area contributed by atoms with E-state index in [2.05, 4.69) is 21.2 Å². The largest absolute Gasteiger partial charge is 0.485 e. The van der Waals surface area contributed by atoms with Gasteiger partial charge < -0.3 is 10.1 Å². The molecular formula is C25H21BrFNO4. The standard InChI is InChI=1S/C25H21BrFNO4/c26-19-9-5-17(6-10-19)14-22(30)16-32-24-4-2-1-3-23(24)25(31)28-15-21(29)13-18-7-11-20(27)12-8-18/h1-12H,13-16H2,(H,28,31). The minimum absolute atomic E-state index is 0.0866. The molecule has 0 saturated heterocycles. The second-order valence-corrected chi connectivity index (χ2v) is 8.07. The lowest BCUT2D eigenvalue weighted by Gasteiger charge is -2.11. The number of halogens is 2. The number of ether oxygens (including phenoxy) is 1. The highest BCUT2D eigenvalue weighted by molar-refractivity contribution is 9.10. The Morgan fingerprint density at radius 3 is 2.09 bits per heavy atom. The van der Waals surface area contributed by atoms with Crippen LogP contribution in [0.2, 0.25) is 0 Å². The molecule has 1 amide bonds. The number of carbonyl (C=O) groups is 3. The molecule has 0 heterocycles. The van der Waals surface area contributed by atoms with E-state index in [4.69, 9.17) is 4.74 Å². The summed E-state index contributed by atoms with van der Waals surface area (Å²) in [7, 11) is 0. The summed E-state index contributed by atoms with van der Waals surface area (Å²) in [6.07, 6.45) is 0.308. The van der Waals surface area contributed by atoms with Crippen molar-refractivity contribution >= 4 is 33.4 Å². The van der Waals surface area contributed by atoms with Crippen LogP contribution in [0.25, 0.3) is 0 Å². The quantitative estimate of drug-likeness (QED) is 0.452. The SMILES string of the molecule is O=C(CNC(=O)c1ccccc1OCC(=O)Cc1ccc(Br)cc1)Cc1ccc(F)cc1. The number of hydrogen-bond donors (Lipinski definition) is 1. The first-order chi connectivity index (χ1) is 15.4. The molecule has 0 radical (unpaired) electrons. The number of benzene rings is 3. The van der Waals surface area contributed by atoms with E-state index in [9.17, 15) is 18.8 Å². The van der Waals surface area contributed by atoms with Crippen molar-refractivity contribution in [2.24, 2.45) is 0 Å². The molecule has 0 bridgehead atoms. The van der Waals surface area contributed by atoms with E-state index in [0.29, 0.717) is 5.56 Å². The fourth-order valence-electron chi connectivity index (χ4n) is 2.99. The van der Waals surface area contributed by atoms with Gasteiger partial charge in [0, 0.05) is 17.3 Å². The van der Waals surface area contributed by atoms with Gasteiger partial charge in [-0.2, -0.15) is 0 Å². The van der Waals surface area contributed by atoms with Gasteiger partial charge in [0.1, 0.15) is 18.2 Å². The molecular weight excluding hydrogens is 477 g/mol. The molecule has 0 unspecified atom stereocenters. The average molecular weight is 498 g/mol. The average Bonchev–Trinajstić information content (AvgIpc) is 2.79. The lowest BCUT2D eigenvalue weighted by molar-refractivity contribution is -0.120. The Hall–Kier alpha value is -3.32. The fourth-order valence-corrected chi connectivity index (χ4v) is 3.25. The Labute approximate surface area is 193 Å². The van der Waals surface area contributed by atoms with Crippen LogP contribution in [0, 0.1) is 5.82 Å². The van der Waals surface area contributed by atoms with E-state index < -0.39 is 5.91 Å². The number of carbonyl (C=O) groups excluding carboxylic acids is 3. The summed E-state index contributed by atoms with van der Waals surface area (Å²) in [4.78, 5) is 36.9. The first-order valence-electron chi connectivity index (χ1n) is 9.93. The predicted octanol–water partition coefficient (Wildman–Crippen LogP) is 4.32. The zero-order valence-electron chi connectivity index (χ0n) is 17.1. The smallest absolute Gasteiger partial charge is 0.255 e. The molecule has 7 heteroatoms. The third kappa shape index (κ3) is 7.13. The lowest BCUT2D eigenvalue weighted by Crippen LogP contribution is -2.30. The summed E-state index contributed by atoms with van der Waals surface area (Å²) >= 11 is 3.35. The summed E-state index contributed by atoms with van der Waals surface area (Å²) in [6.45, 7) is -0.350. The molecule has 1 N–H and O–H groups in total. The predicted molar refractivity (Wildman–Crippen MR) is 122 cm³/mol. The van der Waals surface area contributed by atoms with Crippen molar-refractivity contribution < 1.29 is 23.5 Å². The number of amides is 1. The van der Waals surface area contributed by atoms with E-state index in [0.717, 1.165) is 10.0 Å². The minimum atomic E-state index is -0.478. The molecule has 3 aromatic carbocycles. The van der Waals surface area contributed by atoms with Gasteiger partial charge in [-0.05, 0) is 47.5 Å². The number of Topliss-reactive ketones (excluding diaryl/α,β-unsaturated/α-hetero) is 2. The van der Waals surface area contributed by atoms with Gasteiger partial charge in [-0.15, -0.1) is 0 Å². The van der Waals surface area contributed by atoms with Crippen molar-refractivity contribution in [3.05, 3.63) is 99.8 Å². The summed E-state index contributed by atoms with van der Waals surface area (Å²) in [5, 5.41) is 2.57. The number of nitrogens with one attached hydrogen (secondary N) is 1. The number of ketones is 2. The van der Waals surface area contributed by atoms with Crippen molar-refractivity contribution in [2.45, 2.75) is 12.8 Å². The van der Waals surface area contributed by atoms with Gasteiger partial charge >= 0.3 is 0 Å². The van der Waals surface area contributed by atoms with Crippen LogP contribution in [-0.4, -0.2) is 30.6 Å². The van der Waals surface area contributed by atoms with Gasteiger partial charge in [-0.1, -0.05) is 52.3 Å². The number of rotatable bonds is 10. The van der Waals surface area contributed by atoms with Gasteiger partial charge in [-0.3, -0.25) is 14.4 Å². The molecule has 32 heavy (non-hydrogen) atoms. The van der Waals surface area contributed by atoms with Gasteiger partial charge in [-0.25, -0.2) is 4.39 Å². The molecule has 164 valence electrons. The van der Waals surface area contributed by atoms with Crippen molar-refractivity contribution in [2.75, 3.05) is 13.2 Å². The molecule has 0 fully saturated rings. The highest BCUT2D eigenvalue weighted by Crippen LogP contribution is 2.18. The Morgan fingerprint density at radius 1 is 0.812 bits per heavy atom. The maximum absolute atomic E-state index is 13.0. The molecule has 5 nitrogen and oxygen atoms in total. The van der Waals surface area contributed by atoms with E-state index >= 15 is 0 Å². The third-order valence-corrected chi connectivity index (χ3v) is 5.12. The topological polar surface area (TPSA) is 72.5 Å². The van der Waals surface area contributed by atoms with Gasteiger partial charge in [0.05, 0.1) is 12.1 Å². The van der Waals surface area contributed by atoms with E-state index in [1.54, 1.807) is 24.3 Å². The number of para-hydroxylation sites is 1. The van der Waals surface area contributed by atoms with Crippen LogP contribution in [0.1, 0.15) is 21.5 Å². The summed E-state index contributed by atoms with van der Waals surface area (Å²) in [6, 6.07) is 19.6. The van der Waals surface area contributed by atoms with Crippen LogP contribution in [-0.2, 0) is 22.4 Å². The second-order valence-electron chi connectivity index (χ2n) is 7.15. The van der Waals surface area contributed by atoms with Crippen molar-refractivity contribution in [1.82, 2.24) is 5.32 Å². The Balaban J connectivity index is 1.52. The zero-order chi connectivity index (χ0) is 22.9. The molecule has 0 spiro atoms. The molecule has 3 aromatic rings. The second kappa shape index (κ2) is 11.3. The zero-order valence-corrected chi connectivity index (χ0v) is 18.7. The van der Waals surface area contributed by atoms with E-state index in [-0.39, 0.29) is 54.7 Å². The molecule has 0 aliphatic rings. The van der Waals surface area contributed by atoms with Crippen molar-refractivity contribution in [1.29, 1.82) is 0 Å². The summed E-state index contributed by atoms with van der Waals surface area (Å²) in [5.41, 5.74) is 1.77. The van der Waals surface area contributed by atoms with Crippen LogP contribution in [0.4, 0.5) is 4.39 Å². The first kappa shape index (κ1) is 23.3. The van der Waals surface area contributed by atoms with Gasteiger partial charge in [0.25, 0.3) is 5.91 Å². The fraction of sp³-hybridized carbons (Fsp3) is 0.160. The lowest BCUT2D eigenvalue weighted by atomic mass is 10.1. The molecule has 0 aromatic heterocycles. The molecule has 3 rings (SSSR count). The highest BCUT2D eigenvalue weighted by Gasteiger charge is 2.15. The van der Waals surface area contributed by atoms with E-state index in [1.807, 2.05) is 24.3 Å². The number of hydrogen-bond acceptors (Lipinski definition) is 4. The summed E-state index contributed by atoms with van der Waals surface area (Å²) < 4.78 is 19.5. The van der Waals surface area contributed by atoms with Crippen LogP contribution in [0.5, 0.6) is 5.75 Å². The van der Waals surface area contributed by atoms with Crippen LogP contribution < -0.4 is 10.1 Å². The van der Waals surface area contributed by atoms with Crippen LogP contribution in [0.3, 0.4) is 0 Å². The Kier molecular flexibility index (Phi) is 8.27. The highest BCUT2D eigenvalue weighted by atomic mass is 79.9.